The highest BCUT2D eigenvalue weighted by Gasteiger charge is 2.23. The first kappa shape index (κ1) is 15.9. The Morgan fingerprint density at radius 1 is 1.52 bits per heavy atom. The topological polar surface area (TPSA) is 72.6 Å². The van der Waals surface area contributed by atoms with Crippen molar-refractivity contribution in [3.63, 3.8) is 0 Å². The minimum atomic E-state index is -0.849. The first-order chi connectivity index (χ1) is 9.99. The van der Waals surface area contributed by atoms with Gasteiger partial charge in [0.15, 0.2) is 0 Å². The molecule has 1 heterocycles. The summed E-state index contributed by atoms with van der Waals surface area (Å²) in [6.07, 6.45) is -0.178. The van der Waals surface area contributed by atoms with E-state index in [4.69, 9.17) is 4.74 Å². The summed E-state index contributed by atoms with van der Waals surface area (Å²) in [6.45, 7) is 1.88. The van der Waals surface area contributed by atoms with E-state index in [0.29, 0.717) is 23.1 Å². The van der Waals surface area contributed by atoms with Gasteiger partial charge in [-0.3, -0.25) is 10.1 Å². The summed E-state index contributed by atoms with van der Waals surface area (Å²) in [5.41, 5.74) is 0.258. The number of halogens is 1. The first-order valence-electron chi connectivity index (χ1n) is 6.30. The number of nitro benzene ring substituents is 1. The number of nitrogens with zero attached hydrogens (tertiary/aromatic N) is 1. The van der Waals surface area contributed by atoms with Gasteiger partial charge in [-0.1, -0.05) is 22.0 Å². The molecule has 21 heavy (non-hydrogen) atoms. The minimum Gasteiger partial charge on any atom is -0.486 e. The highest BCUT2D eigenvalue weighted by atomic mass is 79.9. The predicted molar refractivity (Wildman–Crippen MR) is 84.9 cm³/mol. The number of ether oxygens (including phenoxy) is 1. The van der Waals surface area contributed by atoms with Crippen LogP contribution in [0, 0.1) is 10.1 Å². The van der Waals surface area contributed by atoms with E-state index in [1.807, 2.05) is 17.5 Å². The second kappa shape index (κ2) is 7.02. The summed E-state index contributed by atoms with van der Waals surface area (Å²) in [4.78, 5) is 11.8. The predicted octanol–water partition coefficient (Wildman–Crippen LogP) is 4.09. The van der Waals surface area contributed by atoms with Crippen LogP contribution in [-0.4, -0.2) is 16.6 Å². The van der Waals surface area contributed by atoms with Crippen molar-refractivity contribution in [1.82, 2.24) is 0 Å². The van der Waals surface area contributed by atoms with E-state index >= 15 is 0 Å². The maximum atomic E-state index is 11.2. The van der Waals surface area contributed by atoms with Gasteiger partial charge >= 0.3 is 5.69 Å². The highest BCUT2D eigenvalue weighted by Crippen LogP contribution is 2.37. The zero-order valence-electron chi connectivity index (χ0n) is 11.3. The van der Waals surface area contributed by atoms with E-state index in [2.05, 4.69) is 15.9 Å². The van der Waals surface area contributed by atoms with Crippen LogP contribution in [0.4, 0.5) is 5.69 Å². The summed E-state index contributed by atoms with van der Waals surface area (Å²) in [5, 5.41) is 22.9. The van der Waals surface area contributed by atoms with Crippen LogP contribution in [0.1, 0.15) is 23.5 Å². The molecule has 0 spiro atoms. The van der Waals surface area contributed by atoms with Gasteiger partial charge < -0.3 is 9.84 Å². The summed E-state index contributed by atoms with van der Waals surface area (Å²) in [7, 11) is 0. The van der Waals surface area contributed by atoms with Gasteiger partial charge in [0.25, 0.3) is 0 Å². The lowest BCUT2D eigenvalue weighted by atomic mass is 10.1. The van der Waals surface area contributed by atoms with Crippen molar-refractivity contribution >= 4 is 33.0 Å². The summed E-state index contributed by atoms with van der Waals surface area (Å²) in [6, 6.07) is 6.95. The van der Waals surface area contributed by atoms with Gasteiger partial charge in [-0.15, -0.1) is 11.3 Å². The van der Waals surface area contributed by atoms with Gasteiger partial charge in [0.1, 0.15) is 0 Å². The standard InChI is InChI=1S/C14H14BrNO4S/c1-9(17)12-7-10(15)8-13(16(18)19)14(12)20-5-4-11-3-2-6-21-11/h2-3,6-9,17H,4-5H2,1H3/t9-/m0/s1. The fraction of sp³-hybridized carbons (Fsp3) is 0.286. The van der Waals surface area contributed by atoms with E-state index in [1.165, 1.54) is 6.07 Å². The molecule has 0 aliphatic carbocycles. The van der Waals surface area contributed by atoms with Gasteiger partial charge in [-0.25, -0.2) is 0 Å². The molecule has 1 aromatic carbocycles. The molecule has 0 fully saturated rings. The number of aliphatic hydroxyl groups is 1. The SMILES string of the molecule is C[C@H](O)c1cc(Br)cc([N+](=O)[O-])c1OCCc1cccs1. The first-order valence-corrected chi connectivity index (χ1v) is 7.97. The Bertz CT molecular complexity index is 628. The van der Waals surface area contributed by atoms with Crippen LogP contribution in [-0.2, 0) is 6.42 Å². The molecule has 0 aliphatic rings. The van der Waals surface area contributed by atoms with E-state index in [-0.39, 0.29) is 11.4 Å². The largest absolute Gasteiger partial charge is 0.486 e. The fourth-order valence-electron chi connectivity index (χ4n) is 1.91. The molecule has 0 unspecified atom stereocenters. The molecule has 2 rings (SSSR count). The van der Waals surface area contributed by atoms with E-state index < -0.39 is 11.0 Å². The molecule has 0 saturated heterocycles. The minimum absolute atomic E-state index is 0.134. The van der Waals surface area contributed by atoms with Crippen LogP contribution in [0.3, 0.4) is 0 Å². The Morgan fingerprint density at radius 3 is 2.86 bits per heavy atom. The summed E-state index contributed by atoms with van der Waals surface area (Å²) in [5.74, 6) is 0.134. The monoisotopic (exact) mass is 371 g/mol. The van der Waals surface area contributed by atoms with Crippen LogP contribution in [0.15, 0.2) is 34.1 Å². The lowest BCUT2D eigenvalue weighted by Crippen LogP contribution is -2.07. The van der Waals surface area contributed by atoms with Crippen molar-refractivity contribution < 1.29 is 14.8 Å². The molecule has 0 saturated carbocycles. The Morgan fingerprint density at radius 2 is 2.29 bits per heavy atom. The number of thiophene rings is 1. The van der Waals surface area contributed by atoms with Crippen molar-refractivity contribution in [1.29, 1.82) is 0 Å². The fourth-order valence-corrected chi connectivity index (χ4v) is 3.07. The lowest BCUT2D eigenvalue weighted by molar-refractivity contribution is -0.386. The number of nitro groups is 1. The molecule has 1 aromatic heterocycles. The molecule has 0 aliphatic heterocycles. The Kier molecular flexibility index (Phi) is 5.33. The van der Waals surface area contributed by atoms with Gasteiger partial charge in [0.05, 0.1) is 17.6 Å². The molecule has 0 amide bonds. The maximum absolute atomic E-state index is 11.2. The number of hydrogen-bond donors (Lipinski definition) is 1. The van der Waals surface area contributed by atoms with Gasteiger partial charge in [-0.2, -0.15) is 0 Å². The molecule has 112 valence electrons. The normalized spacial score (nSPS) is 12.1. The number of benzene rings is 1. The van der Waals surface area contributed by atoms with Crippen molar-refractivity contribution in [3.8, 4) is 5.75 Å². The highest BCUT2D eigenvalue weighted by molar-refractivity contribution is 9.10. The second-order valence-electron chi connectivity index (χ2n) is 4.45. The zero-order chi connectivity index (χ0) is 15.4. The van der Waals surface area contributed by atoms with Crippen LogP contribution in [0.5, 0.6) is 5.75 Å². The molecule has 1 N–H and O–H groups in total. The number of rotatable bonds is 6. The van der Waals surface area contributed by atoms with Gasteiger partial charge in [0, 0.05) is 27.4 Å². The van der Waals surface area contributed by atoms with Crippen molar-refractivity contribution in [2.75, 3.05) is 6.61 Å². The van der Waals surface area contributed by atoms with Crippen molar-refractivity contribution in [2.45, 2.75) is 19.4 Å². The van der Waals surface area contributed by atoms with Crippen LogP contribution in [0.25, 0.3) is 0 Å². The number of hydrogen-bond acceptors (Lipinski definition) is 5. The quantitative estimate of drug-likeness (QED) is 0.612. The molecule has 7 heteroatoms. The van der Waals surface area contributed by atoms with Crippen LogP contribution < -0.4 is 4.74 Å². The van der Waals surface area contributed by atoms with E-state index in [0.717, 1.165) is 4.88 Å². The summed E-state index contributed by atoms with van der Waals surface area (Å²) < 4.78 is 6.14. The Hall–Kier alpha value is -1.44. The van der Waals surface area contributed by atoms with E-state index in [9.17, 15) is 15.2 Å². The molecule has 2 aromatic rings. The average molecular weight is 372 g/mol. The van der Waals surface area contributed by atoms with Crippen LogP contribution >= 0.6 is 27.3 Å². The number of aliphatic hydroxyl groups excluding tert-OH is 1. The summed E-state index contributed by atoms with van der Waals surface area (Å²) >= 11 is 4.82. The van der Waals surface area contributed by atoms with Crippen LogP contribution in [0.2, 0.25) is 0 Å². The lowest BCUT2D eigenvalue weighted by Gasteiger charge is -2.14. The third-order valence-corrected chi connectivity index (χ3v) is 4.28. The van der Waals surface area contributed by atoms with E-state index in [1.54, 1.807) is 24.3 Å². The maximum Gasteiger partial charge on any atom is 0.312 e. The Labute approximate surface area is 134 Å². The molecule has 0 bridgehead atoms. The molecular weight excluding hydrogens is 358 g/mol. The van der Waals surface area contributed by atoms with Crippen molar-refractivity contribution in [3.05, 3.63) is 54.7 Å². The third kappa shape index (κ3) is 4.03. The molecule has 0 radical (unpaired) electrons. The molecule has 1 atom stereocenters. The zero-order valence-corrected chi connectivity index (χ0v) is 13.7. The van der Waals surface area contributed by atoms with Crippen molar-refractivity contribution in [2.24, 2.45) is 0 Å². The molecular formula is C14H14BrNO4S. The third-order valence-electron chi connectivity index (χ3n) is 2.88. The molecule has 5 nitrogen and oxygen atoms in total. The average Bonchev–Trinajstić information content (AvgIpc) is 2.92. The second-order valence-corrected chi connectivity index (χ2v) is 6.40. The van der Waals surface area contributed by atoms with Gasteiger partial charge in [0.2, 0.25) is 5.75 Å². The Balaban J connectivity index is 2.24. The van der Waals surface area contributed by atoms with Gasteiger partial charge in [-0.05, 0) is 24.4 Å². The smallest absolute Gasteiger partial charge is 0.312 e.